The summed E-state index contributed by atoms with van der Waals surface area (Å²) in [5.41, 5.74) is 3.55. The molecule has 2 aromatic carbocycles. The summed E-state index contributed by atoms with van der Waals surface area (Å²) in [7, 11) is -3.08. The zero-order valence-corrected chi connectivity index (χ0v) is 24.2. The molecule has 3 aliphatic heterocycles. The topological polar surface area (TPSA) is 70.0 Å². The molecule has 0 radical (unpaired) electrons. The van der Waals surface area contributed by atoms with Crippen LogP contribution in [-0.4, -0.2) is 55.4 Å². The van der Waals surface area contributed by atoms with Gasteiger partial charge in [0.15, 0.2) is 15.0 Å². The van der Waals surface area contributed by atoms with Crippen molar-refractivity contribution in [1.29, 1.82) is 0 Å². The zero-order chi connectivity index (χ0) is 26.8. The Balaban J connectivity index is 1.12. The van der Waals surface area contributed by atoms with E-state index in [1.54, 1.807) is 0 Å². The van der Waals surface area contributed by atoms with Gasteiger partial charge in [0.1, 0.15) is 0 Å². The predicted octanol–water partition coefficient (Wildman–Crippen LogP) is 5.72. The molecule has 1 amide bonds. The third-order valence-electron chi connectivity index (χ3n) is 9.00. The molecule has 3 heterocycles. The molecule has 2 aromatic rings. The largest absolute Gasteiger partial charge is 0.372 e. The van der Waals surface area contributed by atoms with Crippen molar-refractivity contribution in [1.82, 2.24) is 0 Å². The lowest BCUT2D eigenvalue weighted by Gasteiger charge is -2.34. The SMILES string of the molecule is O=C(CCC1CCCC1)N=C1SC2CS(=O)(=O)CC2N1c1ccc(N2CCC(Cc3ccccc3)CC2)cc1. The molecule has 1 saturated carbocycles. The smallest absolute Gasteiger partial charge is 0.248 e. The fraction of sp³-hybridized carbons (Fsp3) is 0.548. The molecule has 1 aliphatic carbocycles. The summed E-state index contributed by atoms with van der Waals surface area (Å²) in [6.45, 7) is 2.09. The maximum Gasteiger partial charge on any atom is 0.248 e. The number of fused-ring (bicyclic) bond motifs is 1. The lowest BCUT2D eigenvalue weighted by atomic mass is 9.90. The first-order valence-electron chi connectivity index (χ1n) is 14.6. The van der Waals surface area contributed by atoms with E-state index in [0.29, 0.717) is 17.5 Å². The van der Waals surface area contributed by atoms with Gasteiger partial charge in [-0.2, -0.15) is 4.99 Å². The summed E-state index contributed by atoms with van der Waals surface area (Å²) in [5.74, 6) is 1.57. The van der Waals surface area contributed by atoms with Gasteiger partial charge in [0.2, 0.25) is 5.91 Å². The minimum absolute atomic E-state index is 0.0697. The van der Waals surface area contributed by atoms with Crippen LogP contribution in [0.15, 0.2) is 59.6 Å². The lowest BCUT2D eigenvalue weighted by molar-refractivity contribution is -0.118. The fourth-order valence-electron chi connectivity index (χ4n) is 6.82. The summed E-state index contributed by atoms with van der Waals surface area (Å²) < 4.78 is 24.9. The van der Waals surface area contributed by atoms with Gasteiger partial charge in [-0.05, 0) is 67.3 Å². The molecule has 8 heteroatoms. The van der Waals surface area contributed by atoms with E-state index in [0.717, 1.165) is 37.5 Å². The van der Waals surface area contributed by atoms with E-state index in [9.17, 15) is 13.2 Å². The molecule has 6 rings (SSSR count). The second-order valence-electron chi connectivity index (χ2n) is 11.8. The zero-order valence-electron chi connectivity index (χ0n) is 22.6. The van der Waals surface area contributed by atoms with Crippen molar-refractivity contribution >= 4 is 44.0 Å². The van der Waals surface area contributed by atoms with E-state index < -0.39 is 9.84 Å². The standard InChI is InChI=1S/C31H39N3O3S2/c35-30(15-10-23-6-4-5-7-23)32-31-34(28-21-39(36,37)22-29(28)38-31)27-13-11-26(12-14-27)33-18-16-25(17-19-33)20-24-8-2-1-3-9-24/h1-3,8-9,11-14,23,25,28-29H,4-7,10,15-22H2. The number of carbonyl (C=O) groups excluding carboxylic acids is 1. The minimum Gasteiger partial charge on any atom is -0.372 e. The van der Waals surface area contributed by atoms with Crippen LogP contribution in [-0.2, 0) is 21.1 Å². The van der Waals surface area contributed by atoms with Crippen LogP contribution in [0.5, 0.6) is 0 Å². The van der Waals surface area contributed by atoms with Crippen molar-refractivity contribution in [3.8, 4) is 0 Å². The van der Waals surface area contributed by atoms with Crippen molar-refractivity contribution in [3.05, 3.63) is 60.2 Å². The molecule has 0 aromatic heterocycles. The number of benzene rings is 2. The highest BCUT2D eigenvalue weighted by atomic mass is 32.2. The molecular weight excluding hydrogens is 526 g/mol. The molecule has 0 bridgehead atoms. The molecule has 2 atom stereocenters. The number of anilines is 2. The normalized spacial score (nSPS) is 26.4. The van der Waals surface area contributed by atoms with E-state index in [-0.39, 0.29) is 28.7 Å². The van der Waals surface area contributed by atoms with Crippen LogP contribution in [0.3, 0.4) is 0 Å². The molecule has 39 heavy (non-hydrogen) atoms. The number of aliphatic imine (C=N–C) groups is 1. The first-order valence-corrected chi connectivity index (χ1v) is 17.3. The summed E-state index contributed by atoms with van der Waals surface area (Å²) in [4.78, 5) is 21.9. The van der Waals surface area contributed by atoms with Gasteiger partial charge in [-0.25, -0.2) is 8.42 Å². The molecule has 4 fully saturated rings. The van der Waals surface area contributed by atoms with Crippen molar-refractivity contribution in [3.63, 3.8) is 0 Å². The maximum absolute atomic E-state index is 12.8. The number of hydrogen-bond acceptors (Lipinski definition) is 5. The highest BCUT2D eigenvalue weighted by Gasteiger charge is 2.49. The average Bonchev–Trinajstić information content (AvgIpc) is 3.63. The molecule has 0 N–H and O–H groups in total. The maximum atomic E-state index is 12.8. The summed E-state index contributed by atoms with van der Waals surface area (Å²) in [6.07, 6.45) is 9.91. The van der Waals surface area contributed by atoms with Crippen LogP contribution in [0.2, 0.25) is 0 Å². The van der Waals surface area contributed by atoms with E-state index in [4.69, 9.17) is 0 Å². The van der Waals surface area contributed by atoms with Crippen LogP contribution in [0.1, 0.15) is 56.9 Å². The van der Waals surface area contributed by atoms with Crippen LogP contribution >= 0.6 is 11.8 Å². The Morgan fingerprint density at radius 1 is 0.872 bits per heavy atom. The van der Waals surface area contributed by atoms with Crippen molar-refractivity contribution in [2.45, 2.75) is 69.1 Å². The molecule has 3 saturated heterocycles. The molecular formula is C31H39N3O3S2. The summed E-state index contributed by atoms with van der Waals surface area (Å²) in [5, 5.41) is 0.602. The van der Waals surface area contributed by atoms with Gasteiger partial charge in [-0.15, -0.1) is 0 Å². The van der Waals surface area contributed by atoms with Gasteiger partial charge in [0.25, 0.3) is 0 Å². The Kier molecular flexibility index (Phi) is 8.03. The van der Waals surface area contributed by atoms with Gasteiger partial charge in [0.05, 0.1) is 17.5 Å². The number of piperidine rings is 1. The third-order valence-corrected chi connectivity index (χ3v) is 12.2. The molecule has 208 valence electrons. The number of hydrogen-bond donors (Lipinski definition) is 0. The van der Waals surface area contributed by atoms with Crippen molar-refractivity contribution in [2.75, 3.05) is 34.4 Å². The molecule has 2 unspecified atom stereocenters. The predicted molar refractivity (Wildman–Crippen MR) is 161 cm³/mol. The van der Waals surface area contributed by atoms with Crippen LogP contribution in [0.25, 0.3) is 0 Å². The minimum atomic E-state index is -3.08. The van der Waals surface area contributed by atoms with Gasteiger partial charge in [-0.3, -0.25) is 4.79 Å². The third kappa shape index (κ3) is 6.37. The first-order chi connectivity index (χ1) is 18.9. The second kappa shape index (κ2) is 11.7. The van der Waals surface area contributed by atoms with Gasteiger partial charge in [-0.1, -0.05) is 67.8 Å². The first kappa shape index (κ1) is 26.9. The van der Waals surface area contributed by atoms with Crippen molar-refractivity contribution < 1.29 is 13.2 Å². The Morgan fingerprint density at radius 3 is 2.28 bits per heavy atom. The molecule has 6 nitrogen and oxygen atoms in total. The van der Waals surface area contributed by atoms with Crippen molar-refractivity contribution in [2.24, 2.45) is 16.8 Å². The molecule has 4 aliphatic rings. The highest BCUT2D eigenvalue weighted by Crippen LogP contribution is 2.41. The van der Waals surface area contributed by atoms with Gasteiger partial charge < -0.3 is 9.80 Å². The number of nitrogens with zero attached hydrogens (tertiary/aromatic N) is 3. The monoisotopic (exact) mass is 565 g/mol. The molecule has 0 spiro atoms. The number of carbonyl (C=O) groups is 1. The Labute approximate surface area is 237 Å². The number of thioether (sulfide) groups is 1. The Morgan fingerprint density at radius 2 is 1.56 bits per heavy atom. The van der Waals surface area contributed by atoms with Crippen LogP contribution < -0.4 is 9.80 Å². The van der Waals surface area contributed by atoms with Crippen LogP contribution in [0.4, 0.5) is 11.4 Å². The quantitative estimate of drug-likeness (QED) is 0.428. The summed E-state index contributed by atoms with van der Waals surface area (Å²) in [6, 6.07) is 19.1. The van der Waals surface area contributed by atoms with E-state index in [1.165, 1.54) is 61.5 Å². The average molecular weight is 566 g/mol. The number of amidine groups is 1. The highest BCUT2D eigenvalue weighted by molar-refractivity contribution is 8.16. The second-order valence-corrected chi connectivity index (χ2v) is 15.1. The van der Waals surface area contributed by atoms with E-state index in [2.05, 4.69) is 64.5 Å². The van der Waals surface area contributed by atoms with Gasteiger partial charge >= 0.3 is 0 Å². The summed E-state index contributed by atoms with van der Waals surface area (Å²) >= 11 is 1.47. The fourth-order valence-corrected chi connectivity index (χ4v) is 10.8. The van der Waals surface area contributed by atoms with E-state index in [1.807, 2.05) is 4.90 Å². The number of sulfone groups is 1. The lowest BCUT2D eigenvalue weighted by Crippen LogP contribution is -2.38. The number of rotatable bonds is 7. The van der Waals surface area contributed by atoms with Crippen LogP contribution in [0, 0.1) is 11.8 Å². The van der Waals surface area contributed by atoms with E-state index >= 15 is 0 Å². The van der Waals surface area contributed by atoms with Gasteiger partial charge in [0, 0.05) is 36.1 Å². The number of amides is 1. The Bertz CT molecular complexity index is 1280. The Hall–Kier alpha value is -2.32.